The summed E-state index contributed by atoms with van der Waals surface area (Å²) in [6.07, 6.45) is 0.719. The first kappa shape index (κ1) is 20.4. The zero-order valence-electron chi connectivity index (χ0n) is 16.7. The Morgan fingerprint density at radius 2 is 1.63 bits per heavy atom. The number of ether oxygens (including phenoxy) is 3. The molecule has 0 aliphatic heterocycles. The van der Waals surface area contributed by atoms with Crippen molar-refractivity contribution in [3.63, 3.8) is 0 Å². The molecule has 0 spiro atoms. The number of methoxy groups -OCH3 is 3. The van der Waals surface area contributed by atoms with E-state index in [-0.39, 0.29) is 6.04 Å². The minimum absolute atomic E-state index is 0.155. The van der Waals surface area contributed by atoms with Crippen molar-refractivity contribution < 1.29 is 14.2 Å². The molecule has 0 heterocycles. The topological polar surface area (TPSA) is 64.1 Å². The maximum atomic E-state index is 5.50. The van der Waals surface area contributed by atoms with Crippen LogP contribution < -0.4 is 24.8 Å². The highest BCUT2D eigenvalue weighted by atomic mass is 16.5. The summed E-state index contributed by atoms with van der Waals surface area (Å²) in [6, 6.07) is 14.2. The second-order valence-corrected chi connectivity index (χ2v) is 6.04. The number of guanidine groups is 1. The summed E-state index contributed by atoms with van der Waals surface area (Å²) in [6.45, 7) is 2.79. The number of rotatable bonds is 8. The lowest BCUT2D eigenvalue weighted by Gasteiger charge is -2.19. The predicted molar refractivity (Wildman–Crippen MR) is 109 cm³/mol. The Bertz CT molecular complexity index is 723. The van der Waals surface area contributed by atoms with Crippen LogP contribution in [0.3, 0.4) is 0 Å². The minimum atomic E-state index is 0.155. The van der Waals surface area contributed by atoms with E-state index in [0.29, 0.717) is 12.3 Å². The SMILES string of the molecule is CN=C(NCCc1c(OC)cc(OC)cc1OC)NC(C)c1ccccc1. The van der Waals surface area contributed by atoms with Gasteiger partial charge in [-0.1, -0.05) is 30.3 Å². The quantitative estimate of drug-likeness (QED) is 0.551. The van der Waals surface area contributed by atoms with Gasteiger partial charge in [0.1, 0.15) is 17.2 Å². The molecule has 1 atom stereocenters. The molecule has 0 amide bonds. The first-order chi connectivity index (χ1) is 13.1. The second kappa shape index (κ2) is 10.3. The van der Waals surface area contributed by atoms with Gasteiger partial charge in [-0.05, 0) is 18.9 Å². The second-order valence-electron chi connectivity index (χ2n) is 6.04. The zero-order valence-corrected chi connectivity index (χ0v) is 16.7. The number of hydrogen-bond donors (Lipinski definition) is 2. The zero-order chi connectivity index (χ0) is 19.6. The molecular weight excluding hydrogens is 342 g/mol. The van der Waals surface area contributed by atoms with Gasteiger partial charge < -0.3 is 24.8 Å². The van der Waals surface area contributed by atoms with Crippen LogP contribution in [-0.2, 0) is 6.42 Å². The Hall–Kier alpha value is -2.89. The van der Waals surface area contributed by atoms with Crippen molar-refractivity contribution in [2.75, 3.05) is 34.9 Å². The van der Waals surface area contributed by atoms with Crippen LogP contribution in [0.2, 0.25) is 0 Å². The van der Waals surface area contributed by atoms with Gasteiger partial charge >= 0.3 is 0 Å². The van der Waals surface area contributed by atoms with Crippen molar-refractivity contribution in [3.05, 3.63) is 53.6 Å². The summed E-state index contributed by atoms with van der Waals surface area (Å²) >= 11 is 0. The molecule has 6 nitrogen and oxygen atoms in total. The Kier molecular flexibility index (Phi) is 7.79. The van der Waals surface area contributed by atoms with E-state index in [4.69, 9.17) is 14.2 Å². The fraction of sp³-hybridized carbons (Fsp3) is 0.381. The molecule has 0 aliphatic carbocycles. The van der Waals surface area contributed by atoms with Crippen LogP contribution >= 0.6 is 0 Å². The third-order valence-electron chi connectivity index (χ3n) is 4.36. The molecule has 2 aromatic carbocycles. The Morgan fingerprint density at radius 1 is 1.00 bits per heavy atom. The smallest absolute Gasteiger partial charge is 0.191 e. The highest BCUT2D eigenvalue weighted by Gasteiger charge is 2.14. The summed E-state index contributed by atoms with van der Waals surface area (Å²) in [7, 11) is 6.68. The van der Waals surface area contributed by atoms with E-state index in [1.54, 1.807) is 28.4 Å². The van der Waals surface area contributed by atoms with Crippen LogP contribution in [0.25, 0.3) is 0 Å². The van der Waals surface area contributed by atoms with Crippen LogP contribution in [0.1, 0.15) is 24.1 Å². The Labute approximate surface area is 161 Å². The van der Waals surface area contributed by atoms with E-state index in [1.807, 2.05) is 30.3 Å². The van der Waals surface area contributed by atoms with Crippen molar-refractivity contribution in [1.82, 2.24) is 10.6 Å². The summed E-state index contributed by atoms with van der Waals surface area (Å²) in [5, 5.41) is 6.75. The lowest BCUT2D eigenvalue weighted by Crippen LogP contribution is -2.39. The van der Waals surface area contributed by atoms with Crippen molar-refractivity contribution in [2.24, 2.45) is 4.99 Å². The van der Waals surface area contributed by atoms with Gasteiger partial charge in [0.2, 0.25) is 0 Å². The van der Waals surface area contributed by atoms with Crippen molar-refractivity contribution in [2.45, 2.75) is 19.4 Å². The molecule has 0 aliphatic rings. The molecule has 146 valence electrons. The van der Waals surface area contributed by atoms with Crippen LogP contribution in [-0.4, -0.2) is 40.9 Å². The fourth-order valence-electron chi connectivity index (χ4n) is 2.85. The summed E-state index contributed by atoms with van der Waals surface area (Å²) in [4.78, 5) is 4.31. The lowest BCUT2D eigenvalue weighted by atomic mass is 10.1. The van der Waals surface area contributed by atoms with E-state index in [9.17, 15) is 0 Å². The normalized spacial score (nSPS) is 12.3. The van der Waals surface area contributed by atoms with Crippen LogP contribution in [0.4, 0.5) is 0 Å². The lowest BCUT2D eigenvalue weighted by molar-refractivity contribution is 0.368. The molecule has 1 unspecified atom stereocenters. The molecule has 2 N–H and O–H groups in total. The van der Waals surface area contributed by atoms with E-state index in [1.165, 1.54) is 5.56 Å². The monoisotopic (exact) mass is 371 g/mol. The van der Waals surface area contributed by atoms with Crippen LogP contribution in [0.15, 0.2) is 47.5 Å². The third kappa shape index (κ3) is 5.54. The van der Waals surface area contributed by atoms with Gasteiger partial charge in [0.15, 0.2) is 5.96 Å². The van der Waals surface area contributed by atoms with Gasteiger partial charge in [-0.15, -0.1) is 0 Å². The Balaban J connectivity index is 2.00. The van der Waals surface area contributed by atoms with Gasteiger partial charge in [0.25, 0.3) is 0 Å². The summed E-state index contributed by atoms with van der Waals surface area (Å²) < 4.78 is 16.3. The third-order valence-corrected chi connectivity index (χ3v) is 4.36. The number of hydrogen-bond acceptors (Lipinski definition) is 4. The van der Waals surface area contributed by atoms with Crippen LogP contribution in [0, 0.1) is 0 Å². The van der Waals surface area contributed by atoms with Crippen molar-refractivity contribution in [1.29, 1.82) is 0 Å². The Morgan fingerprint density at radius 3 is 2.15 bits per heavy atom. The first-order valence-corrected chi connectivity index (χ1v) is 8.94. The molecule has 27 heavy (non-hydrogen) atoms. The number of nitrogens with one attached hydrogen (secondary N) is 2. The van der Waals surface area contributed by atoms with E-state index >= 15 is 0 Å². The van der Waals surface area contributed by atoms with E-state index < -0.39 is 0 Å². The minimum Gasteiger partial charge on any atom is -0.496 e. The molecule has 2 aromatic rings. The van der Waals surface area contributed by atoms with Gasteiger partial charge in [-0.25, -0.2) is 0 Å². The number of nitrogens with zero attached hydrogens (tertiary/aromatic N) is 1. The highest BCUT2D eigenvalue weighted by molar-refractivity contribution is 5.80. The average Bonchev–Trinajstić information content (AvgIpc) is 2.73. The molecule has 0 aromatic heterocycles. The van der Waals surface area contributed by atoms with E-state index in [2.05, 4.69) is 34.7 Å². The van der Waals surface area contributed by atoms with Crippen LogP contribution in [0.5, 0.6) is 17.2 Å². The molecular formula is C21H29N3O3. The predicted octanol–water partition coefficient (Wildman–Crippen LogP) is 3.18. The summed E-state index contributed by atoms with van der Waals surface area (Å²) in [5.41, 5.74) is 2.19. The average molecular weight is 371 g/mol. The van der Waals surface area contributed by atoms with Gasteiger partial charge in [-0.3, -0.25) is 4.99 Å². The highest BCUT2D eigenvalue weighted by Crippen LogP contribution is 2.34. The number of aliphatic imine (C=N–C) groups is 1. The van der Waals surface area contributed by atoms with E-state index in [0.717, 1.165) is 29.4 Å². The van der Waals surface area contributed by atoms with Gasteiger partial charge in [0.05, 0.1) is 27.4 Å². The standard InChI is InChI=1S/C21H29N3O3/c1-15(16-9-7-6-8-10-16)24-21(22-2)23-12-11-18-19(26-4)13-17(25-3)14-20(18)27-5/h6-10,13-15H,11-12H2,1-5H3,(H2,22,23,24). The molecule has 0 radical (unpaired) electrons. The molecule has 0 saturated heterocycles. The maximum absolute atomic E-state index is 5.50. The molecule has 2 rings (SSSR count). The maximum Gasteiger partial charge on any atom is 0.191 e. The van der Waals surface area contributed by atoms with Gasteiger partial charge in [-0.2, -0.15) is 0 Å². The molecule has 0 fully saturated rings. The molecule has 6 heteroatoms. The molecule has 0 bridgehead atoms. The van der Waals surface area contributed by atoms with Crippen molar-refractivity contribution >= 4 is 5.96 Å². The molecule has 0 saturated carbocycles. The largest absolute Gasteiger partial charge is 0.496 e. The van der Waals surface area contributed by atoms with Crippen molar-refractivity contribution in [3.8, 4) is 17.2 Å². The summed E-state index contributed by atoms with van der Waals surface area (Å²) in [5.74, 6) is 2.94. The first-order valence-electron chi connectivity index (χ1n) is 8.94. The number of benzene rings is 2. The fourth-order valence-corrected chi connectivity index (χ4v) is 2.85. The van der Waals surface area contributed by atoms with Gasteiger partial charge in [0, 0.05) is 31.3 Å².